The Labute approximate surface area is 145 Å². The summed E-state index contributed by atoms with van der Waals surface area (Å²) in [5.74, 6) is 0.729. The van der Waals surface area contributed by atoms with Crippen molar-refractivity contribution in [2.45, 2.75) is 45.6 Å². The third kappa shape index (κ3) is 5.53. The number of piperidine rings is 1. The van der Waals surface area contributed by atoms with Gasteiger partial charge in [-0.2, -0.15) is 0 Å². The maximum absolute atomic E-state index is 12.3. The second kappa shape index (κ2) is 9.33. The summed E-state index contributed by atoms with van der Waals surface area (Å²) in [7, 11) is 0. The van der Waals surface area contributed by atoms with E-state index in [0.717, 1.165) is 25.9 Å². The molecule has 23 heavy (non-hydrogen) atoms. The van der Waals surface area contributed by atoms with E-state index in [0.29, 0.717) is 25.6 Å². The van der Waals surface area contributed by atoms with Crippen LogP contribution in [-0.4, -0.2) is 60.5 Å². The highest BCUT2D eigenvalue weighted by molar-refractivity contribution is 5.85. The summed E-state index contributed by atoms with van der Waals surface area (Å²) in [6.45, 7) is 7.37. The van der Waals surface area contributed by atoms with Crippen molar-refractivity contribution >= 4 is 24.3 Å². The molecule has 1 atom stereocenters. The van der Waals surface area contributed by atoms with Crippen LogP contribution in [0.5, 0.6) is 0 Å². The van der Waals surface area contributed by atoms with E-state index in [-0.39, 0.29) is 36.3 Å². The van der Waals surface area contributed by atoms with Gasteiger partial charge in [-0.3, -0.25) is 4.79 Å². The van der Waals surface area contributed by atoms with Crippen molar-refractivity contribution in [2.24, 2.45) is 17.6 Å². The lowest BCUT2D eigenvalue weighted by Gasteiger charge is -2.34. The fourth-order valence-corrected chi connectivity index (χ4v) is 3.08. The molecule has 0 aromatic carbocycles. The largest absolute Gasteiger partial charge is 0.354 e. The van der Waals surface area contributed by atoms with Crippen molar-refractivity contribution in [1.82, 2.24) is 15.1 Å². The molecule has 7 heteroatoms. The van der Waals surface area contributed by atoms with Gasteiger partial charge in [-0.05, 0) is 45.4 Å². The maximum atomic E-state index is 12.3. The molecule has 0 bridgehead atoms. The minimum Gasteiger partial charge on any atom is -0.354 e. The molecule has 0 aromatic heterocycles. The average Bonchev–Trinajstić information content (AvgIpc) is 3.38. The van der Waals surface area contributed by atoms with Gasteiger partial charge in [0.2, 0.25) is 5.91 Å². The average molecular weight is 347 g/mol. The number of carbonyl (C=O) groups excluding carboxylic acids is 2. The van der Waals surface area contributed by atoms with Crippen molar-refractivity contribution in [3.8, 4) is 0 Å². The van der Waals surface area contributed by atoms with Crippen LogP contribution < -0.4 is 11.1 Å². The first kappa shape index (κ1) is 20.0. The highest BCUT2D eigenvalue weighted by atomic mass is 35.5. The fourth-order valence-electron chi connectivity index (χ4n) is 3.08. The van der Waals surface area contributed by atoms with Gasteiger partial charge >= 0.3 is 6.03 Å². The molecule has 0 radical (unpaired) electrons. The van der Waals surface area contributed by atoms with Gasteiger partial charge < -0.3 is 20.9 Å². The summed E-state index contributed by atoms with van der Waals surface area (Å²) in [5, 5.41) is 2.98. The lowest BCUT2D eigenvalue weighted by Crippen LogP contribution is -2.49. The SMILES string of the molecule is CCN(CC)C(=O)N1CCC(C(=O)NCC(N)C2CC2)CC1.Cl. The Morgan fingerprint density at radius 2 is 1.74 bits per heavy atom. The number of rotatable bonds is 6. The number of halogens is 1. The van der Waals surface area contributed by atoms with Crippen molar-refractivity contribution in [2.75, 3.05) is 32.7 Å². The number of nitrogens with one attached hydrogen (secondary N) is 1. The maximum Gasteiger partial charge on any atom is 0.319 e. The number of nitrogens with zero attached hydrogens (tertiary/aromatic N) is 2. The summed E-state index contributed by atoms with van der Waals surface area (Å²) in [6, 6.07) is 0.202. The molecule has 0 aromatic rings. The molecule has 1 heterocycles. The van der Waals surface area contributed by atoms with Crippen LogP contribution in [-0.2, 0) is 4.79 Å². The number of amides is 3. The molecule has 3 amide bonds. The van der Waals surface area contributed by atoms with Crippen LogP contribution in [0.4, 0.5) is 4.79 Å². The first-order chi connectivity index (χ1) is 10.6. The number of hydrogen-bond acceptors (Lipinski definition) is 3. The number of nitrogens with two attached hydrogens (primary N) is 1. The minimum atomic E-state index is 0. The first-order valence-corrected chi connectivity index (χ1v) is 8.63. The zero-order valence-corrected chi connectivity index (χ0v) is 15.1. The Bertz CT molecular complexity index is 392. The van der Waals surface area contributed by atoms with E-state index in [4.69, 9.17) is 5.73 Å². The van der Waals surface area contributed by atoms with E-state index in [2.05, 4.69) is 5.32 Å². The van der Waals surface area contributed by atoms with Gasteiger partial charge in [-0.25, -0.2) is 4.79 Å². The van der Waals surface area contributed by atoms with Crippen molar-refractivity contribution < 1.29 is 9.59 Å². The third-order valence-corrected chi connectivity index (χ3v) is 4.91. The Hall–Kier alpha value is -1.01. The minimum absolute atomic E-state index is 0. The highest BCUT2D eigenvalue weighted by Crippen LogP contribution is 2.31. The fraction of sp³-hybridized carbons (Fsp3) is 0.875. The molecule has 3 N–H and O–H groups in total. The van der Waals surface area contributed by atoms with E-state index in [1.54, 1.807) is 0 Å². The molecule has 1 saturated heterocycles. The molecule has 1 aliphatic carbocycles. The van der Waals surface area contributed by atoms with Crippen LogP contribution in [0.3, 0.4) is 0 Å². The van der Waals surface area contributed by atoms with Crippen LogP contribution in [0.1, 0.15) is 39.5 Å². The monoisotopic (exact) mass is 346 g/mol. The molecule has 6 nitrogen and oxygen atoms in total. The molecule has 2 aliphatic rings. The third-order valence-electron chi connectivity index (χ3n) is 4.91. The molecule has 1 unspecified atom stereocenters. The van der Waals surface area contributed by atoms with Gasteiger partial charge in [0.15, 0.2) is 0 Å². The smallest absolute Gasteiger partial charge is 0.319 e. The molecule has 0 spiro atoms. The van der Waals surface area contributed by atoms with E-state index < -0.39 is 0 Å². The highest BCUT2D eigenvalue weighted by Gasteiger charge is 2.31. The lowest BCUT2D eigenvalue weighted by atomic mass is 9.96. The molecule has 1 saturated carbocycles. The Balaban J connectivity index is 0.00000264. The summed E-state index contributed by atoms with van der Waals surface area (Å²) < 4.78 is 0. The van der Waals surface area contributed by atoms with E-state index >= 15 is 0 Å². The van der Waals surface area contributed by atoms with Crippen LogP contribution in [0, 0.1) is 11.8 Å². The van der Waals surface area contributed by atoms with Gasteiger partial charge in [0.1, 0.15) is 0 Å². The normalized spacial score (nSPS) is 19.7. The van der Waals surface area contributed by atoms with Crippen LogP contribution in [0.2, 0.25) is 0 Å². The van der Waals surface area contributed by atoms with Gasteiger partial charge in [0.05, 0.1) is 0 Å². The van der Waals surface area contributed by atoms with Crippen LogP contribution in [0.25, 0.3) is 0 Å². The topological polar surface area (TPSA) is 78.7 Å². The quantitative estimate of drug-likeness (QED) is 0.763. The van der Waals surface area contributed by atoms with Crippen molar-refractivity contribution in [1.29, 1.82) is 0 Å². The Morgan fingerprint density at radius 1 is 1.17 bits per heavy atom. The van der Waals surface area contributed by atoms with E-state index in [9.17, 15) is 9.59 Å². The predicted molar refractivity (Wildman–Crippen MR) is 93.6 cm³/mol. The second-order valence-corrected chi connectivity index (χ2v) is 6.46. The summed E-state index contributed by atoms with van der Waals surface area (Å²) >= 11 is 0. The van der Waals surface area contributed by atoms with Gasteiger partial charge in [-0.15, -0.1) is 12.4 Å². The Kier molecular flexibility index (Phi) is 8.12. The van der Waals surface area contributed by atoms with Gasteiger partial charge in [0.25, 0.3) is 0 Å². The van der Waals surface area contributed by atoms with E-state index in [1.807, 2.05) is 23.6 Å². The summed E-state index contributed by atoms with van der Waals surface area (Å²) in [4.78, 5) is 28.2. The molecule has 2 fully saturated rings. The van der Waals surface area contributed by atoms with Crippen LogP contribution in [0.15, 0.2) is 0 Å². The lowest BCUT2D eigenvalue weighted by molar-refractivity contribution is -0.126. The first-order valence-electron chi connectivity index (χ1n) is 8.63. The van der Waals surface area contributed by atoms with Crippen molar-refractivity contribution in [3.05, 3.63) is 0 Å². The zero-order valence-electron chi connectivity index (χ0n) is 14.3. The number of urea groups is 1. The molecule has 134 valence electrons. The predicted octanol–water partition coefficient (Wildman–Crippen LogP) is 1.44. The molecular formula is C16H31ClN4O2. The molecular weight excluding hydrogens is 316 g/mol. The number of carbonyl (C=O) groups is 2. The Morgan fingerprint density at radius 3 is 2.22 bits per heavy atom. The second-order valence-electron chi connectivity index (χ2n) is 6.46. The standard InChI is InChI=1S/C16H30N4O2.ClH/c1-3-19(4-2)16(22)20-9-7-13(8-10-20)15(21)18-11-14(17)12-5-6-12;/h12-14H,3-11,17H2,1-2H3,(H,18,21);1H. The number of hydrogen-bond donors (Lipinski definition) is 2. The number of likely N-dealkylation sites (tertiary alicyclic amines) is 1. The van der Waals surface area contributed by atoms with Gasteiger partial charge in [0, 0.05) is 44.7 Å². The molecule has 2 rings (SSSR count). The van der Waals surface area contributed by atoms with Gasteiger partial charge in [-0.1, -0.05) is 0 Å². The molecule has 1 aliphatic heterocycles. The van der Waals surface area contributed by atoms with E-state index in [1.165, 1.54) is 12.8 Å². The van der Waals surface area contributed by atoms with Crippen molar-refractivity contribution in [3.63, 3.8) is 0 Å². The zero-order chi connectivity index (χ0) is 16.1. The summed E-state index contributed by atoms with van der Waals surface area (Å²) in [5.41, 5.74) is 6.01. The van der Waals surface area contributed by atoms with Crippen LogP contribution >= 0.6 is 12.4 Å². The summed E-state index contributed by atoms with van der Waals surface area (Å²) in [6.07, 6.45) is 3.89.